The van der Waals surface area contributed by atoms with Gasteiger partial charge in [-0.05, 0) is 42.5 Å². The average molecular weight is 581 g/mol. The van der Waals surface area contributed by atoms with Gasteiger partial charge in [-0.1, -0.05) is 35.3 Å². The number of carbonyl (C=O) groups is 2. The van der Waals surface area contributed by atoms with E-state index in [0.717, 1.165) is 42.5 Å². The Morgan fingerprint density at radius 3 is 1.89 bits per heavy atom. The largest absolute Gasteiger partial charge is 0.442 e. The maximum atomic E-state index is 14.0. The van der Waals surface area contributed by atoms with Crippen molar-refractivity contribution in [1.29, 1.82) is 0 Å². The summed E-state index contributed by atoms with van der Waals surface area (Å²) in [6.45, 7) is 0. The standard InChI is InChI=1S/C23H12Cl2F6N2O5/c24-14-5-1-12(2-6-14)20(35)38-21(22(26,27)28,23(29,30)31)13-3-7-15(8-4-13)32-19(34)17-11-16(33(36)37)9-10-18(17)25/h1-11H,(H,32,34). The lowest BCUT2D eigenvalue weighted by molar-refractivity contribution is -0.384. The molecule has 0 atom stereocenters. The summed E-state index contributed by atoms with van der Waals surface area (Å²) in [4.78, 5) is 34.9. The maximum Gasteiger partial charge on any atom is 0.442 e. The zero-order chi connectivity index (χ0) is 28.5. The molecule has 3 aromatic carbocycles. The number of amides is 1. The van der Waals surface area contributed by atoms with Crippen molar-refractivity contribution in [3.63, 3.8) is 0 Å². The number of rotatable bonds is 6. The molecule has 0 heterocycles. The van der Waals surface area contributed by atoms with Crippen LogP contribution < -0.4 is 5.32 Å². The second-order valence-corrected chi connectivity index (χ2v) is 8.37. The maximum absolute atomic E-state index is 14.0. The van der Waals surface area contributed by atoms with E-state index in [1.54, 1.807) is 0 Å². The Balaban J connectivity index is 1.98. The average Bonchev–Trinajstić information content (AvgIpc) is 2.82. The van der Waals surface area contributed by atoms with Crippen LogP contribution >= 0.6 is 23.2 Å². The molecule has 3 rings (SSSR count). The first kappa shape index (κ1) is 28.7. The number of non-ortho nitro benzene ring substituents is 1. The molecular weight excluding hydrogens is 569 g/mol. The smallest absolute Gasteiger partial charge is 0.431 e. The predicted molar refractivity (Wildman–Crippen MR) is 123 cm³/mol. The normalized spacial score (nSPS) is 12.1. The fourth-order valence-corrected chi connectivity index (χ4v) is 3.56. The van der Waals surface area contributed by atoms with Gasteiger partial charge in [-0.15, -0.1) is 0 Å². The van der Waals surface area contributed by atoms with Crippen molar-refractivity contribution < 1.29 is 45.6 Å². The summed E-state index contributed by atoms with van der Waals surface area (Å²) in [6, 6.07) is 8.96. The van der Waals surface area contributed by atoms with Crippen LogP contribution in [0.4, 0.5) is 37.7 Å². The zero-order valence-electron chi connectivity index (χ0n) is 18.4. The molecule has 0 fully saturated rings. The molecule has 0 spiro atoms. The third-order valence-electron chi connectivity index (χ3n) is 5.08. The summed E-state index contributed by atoms with van der Waals surface area (Å²) in [7, 11) is 0. The van der Waals surface area contributed by atoms with Crippen LogP contribution in [0, 0.1) is 10.1 Å². The van der Waals surface area contributed by atoms with Crippen LogP contribution in [0.5, 0.6) is 0 Å². The van der Waals surface area contributed by atoms with Crippen LogP contribution in [0.3, 0.4) is 0 Å². The van der Waals surface area contributed by atoms with Crippen molar-refractivity contribution in [3.05, 3.63) is 104 Å². The minimum Gasteiger partial charge on any atom is -0.431 e. The summed E-state index contributed by atoms with van der Waals surface area (Å²) < 4.78 is 88.2. The first-order valence-corrected chi connectivity index (χ1v) is 10.8. The van der Waals surface area contributed by atoms with Gasteiger partial charge in [0.1, 0.15) is 0 Å². The Morgan fingerprint density at radius 2 is 1.39 bits per heavy atom. The molecule has 0 aliphatic rings. The Morgan fingerprint density at radius 1 is 0.842 bits per heavy atom. The second kappa shape index (κ2) is 10.5. The second-order valence-electron chi connectivity index (χ2n) is 7.53. The van der Waals surface area contributed by atoms with Gasteiger partial charge < -0.3 is 10.1 Å². The number of carbonyl (C=O) groups excluding carboxylic acids is 2. The van der Waals surface area contributed by atoms with Crippen LogP contribution in [0.2, 0.25) is 10.0 Å². The fraction of sp³-hybridized carbons (Fsp3) is 0.130. The number of alkyl halides is 6. The monoisotopic (exact) mass is 580 g/mol. The van der Waals surface area contributed by atoms with Crippen LogP contribution in [0.1, 0.15) is 26.3 Å². The van der Waals surface area contributed by atoms with Gasteiger partial charge in [0.25, 0.3) is 11.6 Å². The van der Waals surface area contributed by atoms with Crippen molar-refractivity contribution in [1.82, 2.24) is 0 Å². The molecule has 7 nitrogen and oxygen atoms in total. The molecule has 15 heteroatoms. The van der Waals surface area contributed by atoms with Gasteiger partial charge in [-0.2, -0.15) is 26.3 Å². The van der Waals surface area contributed by atoms with Crippen molar-refractivity contribution in [2.45, 2.75) is 18.0 Å². The summed E-state index contributed by atoms with van der Waals surface area (Å²) in [5, 5.41) is 13.0. The third kappa shape index (κ3) is 5.68. The van der Waals surface area contributed by atoms with Crippen molar-refractivity contribution >= 4 is 46.5 Å². The SMILES string of the molecule is O=C(OC(c1ccc(NC(=O)c2cc([N+](=O)[O-])ccc2Cl)cc1)(C(F)(F)F)C(F)(F)F)c1ccc(Cl)cc1. The fourth-order valence-electron chi connectivity index (χ4n) is 3.23. The van der Waals surface area contributed by atoms with Gasteiger partial charge in [0, 0.05) is 28.4 Å². The number of esters is 1. The number of hydrogen-bond donors (Lipinski definition) is 1. The number of nitrogens with one attached hydrogen (secondary N) is 1. The van der Waals surface area contributed by atoms with E-state index in [4.69, 9.17) is 23.2 Å². The number of benzene rings is 3. The number of nitro benzene ring substituents is 1. The van der Waals surface area contributed by atoms with Crippen molar-refractivity contribution in [2.75, 3.05) is 5.32 Å². The topological polar surface area (TPSA) is 98.5 Å². The number of ether oxygens (including phenoxy) is 1. The highest BCUT2D eigenvalue weighted by atomic mass is 35.5. The number of anilines is 1. The molecule has 0 radical (unpaired) electrons. The highest BCUT2D eigenvalue weighted by molar-refractivity contribution is 6.34. The highest BCUT2D eigenvalue weighted by Crippen LogP contribution is 2.53. The van der Waals surface area contributed by atoms with E-state index >= 15 is 0 Å². The van der Waals surface area contributed by atoms with Crippen LogP contribution in [0.15, 0.2) is 66.7 Å². The van der Waals surface area contributed by atoms with Gasteiger partial charge in [0.2, 0.25) is 0 Å². The quantitative estimate of drug-likeness (QED) is 0.142. The van der Waals surface area contributed by atoms with Gasteiger partial charge in [-0.25, -0.2) is 4.79 Å². The zero-order valence-corrected chi connectivity index (χ0v) is 19.9. The van der Waals surface area contributed by atoms with E-state index in [-0.39, 0.29) is 21.3 Å². The Labute approximate surface area is 219 Å². The summed E-state index contributed by atoms with van der Waals surface area (Å²) in [5.74, 6) is -2.95. The Bertz CT molecular complexity index is 1360. The molecular formula is C23H12Cl2F6N2O5. The van der Waals surface area contributed by atoms with E-state index in [1.165, 1.54) is 0 Å². The molecule has 0 aliphatic heterocycles. The van der Waals surface area contributed by atoms with Crippen LogP contribution in [-0.4, -0.2) is 29.2 Å². The third-order valence-corrected chi connectivity index (χ3v) is 5.66. The molecule has 0 unspecified atom stereocenters. The molecule has 1 amide bonds. The summed E-state index contributed by atoms with van der Waals surface area (Å²) in [5.41, 5.74) is -8.35. The molecule has 200 valence electrons. The number of nitro groups is 1. The van der Waals surface area contributed by atoms with Crippen molar-refractivity contribution in [3.8, 4) is 0 Å². The predicted octanol–water partition coefficient (Wildman–Crippen LogP) is 7.33. The van der Waals surface area contributed by atoms with E-state index in [2.05, 4.69) is 10.1 Å². The molecule has 1 N–H and O–H groups in total. The highest BCUT2D eigenvalue weighted by Gasteiger charge is 2.75. The Hall–Kier alpha value is -3.84. The van der Waals surface area contributed by atoms with Crippen molar-refractivity contribution in [2.24, 2.45) is 0 Å². The number of hydrogen-bond acceptors (Lipinski definition) is 5. The van der Waals surface area contributed by atoms with Crippen LogP contribution in [0.25, 0.3) is 0 Å². The molecule has 3 aromatic rings. The number of nitrogens with zero attached hydrogens (tertiary/aromatic N) is 1. The van der Waals surface area contributed by atoms with E-state index < -0.39 is 51.6 Å². The molecule has 0 aliphatic carbocycles. The summed E-state index contributed by atoms with van der Waals surface area (Å²) >= 11 is 11.5. The Kier molecular flexibility index (Phi) is 7.94. The van der Waals surface area contributed by atoms with Gasteiger partial charge in [0.05, 0.1) is 21.1 Å². The van der Waals surface area contributed by atoms with E-state index in [1.807, 2.05) is 0 Å². The summed E-state index contributed by atoms with van der Waals surface area (Å²) in [6.07, 6.45) is -12.3. The molecule has 0 saturated heterocycles. The molecule has 0 bridgehead atoms. The first-order valence-electron chi connectivity index (χ1n) is 10.0. The minimum absolute atomic E-state index is 0.0727. The van der Waals surface area contributed by atoms with Crippen LogP contribution in [-0.2, 0) is 10.3 Å². The molecule has 0 saturated carbocycles. The van der Waals surface area contributed by atoms with Gasteiger partial charge in [0.15, 0.2) is 0 Å². The van der Waals surface area contributed by atoms with Gasteiger partial charge >= 0.3 is 23.9 Å². The molecule has 0 aromatic heterocycles. The lowest BCUT2D eigenvalue weighted by Gasteiger charge is -2.36. The minimum atomic E-state index is -6.16. The van der Waals surface area contributed by atoms with E-state index in [9.17, 15) is 46.0 Å². The van der Waals surface area contributed by atoms with E-state index in [0.29, 0.717) is 24.3 Å². The number of halogens is 8. The lowest BCUT2D eigenvalue weighted by atomic mass is 9.91. The van der Waals surface area contributed by atoms with Gasteiger partial charge in [-0.3, -0.25) is 14.9 Å². The first-order chi connectivity index (χ1) is 17.6. The molecule has 38 heavy (non-hydrogen) atoms. The lowest BCUT2D eigenvalue weighted by Crippen LogP contribution is -2.56.